The summed E-state index contributed by atoms with van der Waals surface area (Å²) in [7, 11) is 0. The Morgan fingerprint density at radius 1 is 1.39 bits per heavy atom. The summed E-state index contributed by atoms with van der Waals surface area (Å²) in [6, 6.07) is 4.13. The molecule has 0 saturated carbocycles. The van der Waals surface area contributed by atoms with E-state index >= 15 is 0 Å². The van der Waals surface area contributed by atoms with Gasteiger partial charge in [-0.25, -0.2) is 4.79 Å². The van der Waals surface area contributed by atoms with Crippen LogP contribution in [0.3, 0.4) is 0 Å². The lowest BCUT2D eigenvalue weighted by atomic mass is 10.0. The molecule has 5 nitrogen and oxygen atoms in total. The monoisotopic (exact) mass is 314 g/mol. The van der Waals surface area contributed by atoms with Gasteiger partial charge in [-0.05, 0) is 24.1 Å². The molecule has 1 aromatic rings. The van der Waals surface area contributed by atoms with Gasteiger partial charge in [0.05, 0.1) is 5.56 Å². The van der Waals surface area contributed by atoms with Gasteiger partial charge in [-0.2, -0.15) is 0 Å². The summed E-state index contributed by atoms with van der Waals surface area (Å²) in [5.41, 5.74) is 5.95. The van der Waals surface area contributed by atoms with E-state index in [9.17, 15) is 9.59 Å². The number of carboxylic acids is 1. The largest absolute Gasteiger partial charge is 0.480 e. The number of carbonyl (C=O) groups excluding carboxylic acids is 1. The molecule has 1 unspecified atom stereocenters. The first-order chi connectivity index (χ1) is 8.32. The zero-order valence-corrected chi connectivity index (χ0v) is 11.7. The van der Waals surface area contributed by atoms with E-state index in [1.807, 2.05) is 0 Å². The Labute approximate surface area is 113 Å². The van der Waals surface area contributed by atoms with Crippen molar-refractivity contribution < 1.29 is 14.7 Å². The third kappa shape index (κ3) is 3.46. The Morgan fingerprint density at radius 3 is 2.44 bits per heavy atom. The summed E-state index contributed by atoms with van der Waals surface area (Å²) < 4.78 is 0.707. The molecule has 1 aromatic carbocycles. The molecule has 0 radical (unpaired) electrons. The second-order valence-electron chi connectivity index (χ2n) is 4.26. The molecular weight excluding hydrogens is 300 g/mol. The van der Waals surface area contributed by atoms with Crippen LogP contribution in [0.1, 0.15) is 24.2 Å². The highest BCUT2D eigenvalue weighted by Crippen LogP contribution is 2.22. The van der Waals surface area contributed by atoms with Crippen LogP contribution < -0.4 is 11.1 Å². The number of amides is 1. The molecule has 1 rings (SSSR count). The van der Waals surface area contributed by atoms with E-state index in [-0.39, 0.29) is 11.5 Å². The topological polar surface area (TPSA) is 92.4 Å². The number of halogens is 1. The van der Waals surface area contributed by atoms with Gasteiger partial charge in [0.25, 0.3) is 5.91 Å². The Kier molecular flexibility index (Phi) is 4.72. The van der Waals surface area contributed by atoms with Gasteiger partial charge < -0.3 is 16.2 Å². The second-order valence-corrected chi connectivity index (χ2v) is 5.17. The molecule has 0 aromatic heterocycles. The van der Waals surface area contributed by atoms with Gasteiger partial charge in [-0.1, -0.05) is 29.8 Å². The van der Waals surface area contributed by atoms with Crippen molar-refractivity contribution in [2.45, 2.75) is 19.9 Å². The summed E-state index contributed by atoms with van der Waals surface area (Å²) in [6.45, 7) is 3.57. The number of nitrogens with one attached hydrogen (secondary N) is 1. The van der Waals surface area contributed by atoms with E-state index in [4.69, 9.17) is 10.8 Å². The van der Waals surface area contributed by atoms with Crippen molar-refractivity contribution in [3.05, 3.63) is 28.2 Å². The van der Waals surface area contributed by atoms with Gasteiger partial charge in [-0.15, -0.1) is 0 Å². The number of aliphatic carboxylic acids is 1. The minimum Gasteiger partial charge on any atom is -0.480 e. The van der Waals surface area contributed by atoms with Gasteiger partial charge in [0.15, 0.2) is 0 Å². The Balaban J connectivity index is 3.10. The maximum absolute atomic E-state index is 11.3. The quantitative estimate of drug-likeness (QED) is 0.775. The number of rotatable bonds is 5. The Hall–Kier alpha value is -1.56. The third-order valence-electron chi connectivity index (χ3n) is 2.49. The molecule has 0 fully saturated rings. The number of hydrogen-bond acceptors (Lipinski definition) is 3. The van der Waals surface area contributed by atoms with Crippen LogP contribution >= 0.6 is 15.9 Å². The normalized spacial score (nSPS) is 12.2. The second kappa shape index (κ2) is 5.86. The first-order valence-electron chi connectivity index (χ1n) is 5.41. The average Bonchev–Trinajstić information content (AvgIpc) is 2.25. The highest BCUT2D eigenvalue weighted by Gasteiger charge is 2.22. The number of anilines is 1. The van der Waals surface area contributed by atoms with Crippen LogP contribution in [0.4, 0.5) is 5.69 Å². The highest BCUT2D eigenvalue weighted by atomic mass is 79.9. The molecule has 0 heterocycles. The van der Waals surface area contributed by atoms with Crippen molar-refractivity contribution in [3.63, 3.8) is 0 Å². The van der Waals surface area contributed by atoms with Crippen molar-refractivity contribution in [2.24, 2.45) is 11.7 Å². The van der Waals surface area contributed by atoms with Crippen LogP contribution in [0.15, 0.2) is 22.7 Å². The Morgan fingerprint density at radius 2 is 2.00 bits per heavy atom. The van der Waals surface area contributed by atoms with E-state index in [0.717, 1.165) is 0 Å². The van der Waals surface area contributed by atoms with Crippen LogP contribution in [0.2, 0.25) is 0 Å². The number of carbonyl (C=O) groups is 2. The van der Waals surface area contributed by atoms with Crippen molar-refractivity contribution >= 4 is 33.5 Å². The predicted octanol–water partition coefficient (Wildman–Crippen LogP) is 2.07. The van der Waals surface area contributed by atoms with E-state index in [0.29, 0.717) is 10.2 Å². The fourth-order valence-corrected chi connectivity index (χ4v) is 1.89. The van der Waals surface area contributed by atoms with Gasteiger partial charge in [0, 0.05) is 10.2 Å². The van der Waals surface area contributed by atoms with E-state index in [1.165, 1.54) is 0 Å². The fourth-order valence-electron chi connectivity index (χ4n) is 1.53. The van der Waals surface area contributed by atoms with Crippen molar-refractivity contribution in [2.75, 3.05) is 5.32 Å². The van der Waals surface area contributed by atoms with Gasteiger partial charge in [0.1, 0.15) is 6.04 Å². The maximum atomic E-state index is 11.3. The maximum Gasteiger partial charge on any atom is 0.326 e. The summed E-state index contributed by atoms with van der Waals surface area (Å²) in [6.07, 6.45) is 0. The van der Waals surface area contributed by atoms with Crippen molar-refractivity contribution in [1.29, 1.82) is 0 Å². The first kappa shape index (κ1) is 14.5. The fraction of sp³-hybridized carbons (Fsp3) is 0.333. The molecule has 0 aliphatic heterocycles. The van der Waals surface area contributed by atoms with E-state index in [1.54, 1.807) is 32.0 Å². The zero-order chi connectivity index (χ0) is 13.9. The lowest BCUT2D eigenvalue weighted by Gasteiger charge is -2.20. The molecule has 0 aliphatic rings. The summed E-state index contributed by atoms with van der Waals surface area (Å²) in [5.74, 6) is -1.69. The van der Waals surface area contributed by atoms with Gasteiger partial charge in [-0.3, -0.25) is 4.79 Å². The summed E-state index contributed by atoms with van der Waals surface area (Å²) in [5, 5.41) is 11.9. The zero-order valence-electron chi connectivity index (χ0n) is 10.1. The molecule has 0 saturated heterocycles. The van der Waals surface area contributed by atoms with Crippen molar-refractivity contribution in [3.8, 4) is 0 Å². The molecule has 0 bridgehead atoms. The summed E-state index contributed by atoms with van der Waals surface area (Å²) >= 11 is 3.24. The number of hydrogen-bond donors (Lipinski definition) is 3. The lowest BCUT2D eigenvalue weighted by Crippen LogP contribution is -2.35. The minimum atomic E-state index is -0.969. The van der Waals surface area contributed by atoms with Crippen LogP contribution in [0.25, 0.3) is 0 Å². The number of primary amides is 1. The molecule has 4 N–H and O–H groups in total. The number of carboxylic acid groups (broad SMARTS) is 1. The molecule has 1 atom stereocenters. The smallest absolute Gasteiger partial charge is 0.326 e. The standard InChI is InChI=1S/C12H15BrN2O3/c1-6(2)10(12(17)18)15-9-4-3-7(13)5-8(9)11(14)16/h3-6,10,15H,1-2H3,(H2,14,16)(H,17,18). The minimum absolute atomic E-state index is 0.119. The third-order valence-corrected chi connectivity index (χ3v) is 2.98. The number of benzene rings is 1. The summed E-state index contributed by atoms with van der Waals surface area (Å²) in [4.78, 5) is 22.4. The van der Waals surface area contributed by atoms with Crippen molar-refractivity contribution in [1.82, 2.24) is 0 Å². The first-order valence-corrected chi connectivity index (χ1v) is 6.21. The molecule has 6 heteroatoms. The van der Waals surface area contributed by atoms with Crippen LogP contribution in [-0.2, 0) is 4.79 Å². The highest BCUT2D eigenvalue weighted by molar-refractivity contribution is 9.10. The SMILES string of the molecule is CC(C)C(Nc1ccc(Br)cc1C(N)=O)C(=O)O. The lowest BCUT2D eigenvalue weighted by molar-refractivity contribution is -0.138. The molecular formula is C12H15BrN2O3. The van der Waals surface area contributed by atoms with Crippen LogP contribution in [0, 0.1) is 5.92 Å². The molecule has 0 spiro atoms. The average molecular weight is 315 g/mol. The Bertz CT molecular complexity index is 474. The molecule has 0 aliphatic carbocycles. The molecule has 98 valence electrons. The molecule has 18 heavy (non-hydrogen) atoms. The predicted molar refractivity (Wildman–Crippen MR) is 72.5 cm³/mol. The number of nitrogens with two attached hydrogens (primary N) is 1. The van der Waals surface area contributed by atoms with E-state index in [2.05, 4.69) is 21.2 Å². The van der Waals surface area contributed by atoms with E-state index < -0.39 is 17.9 Å². The molecule has 1 amide bonds. The van der Waals surface area contributed by atoms with Crippen LogP contribution in [-0.4, -0.2) is 23.0 Å². The van der Waals surface area contributed by atoms with Gasteiger partial charge >= 0.3 is 5.97 Å². The van der Waals surface area contributed by atoms with Crippen LogP contribution in [0.5, 0.6) is 0 Å². The van der Waals surface area contributed by atoms with Gasteiger partial charge in [0.2, 0.25) is 0 Å².